The minimum atomic E-state index is 0. The summed E-state index contributed by atoms with van der Waals surface area (Å²) in [5.41, 5.74) is 0. The highest BCUT2D eigenvalue weighted by atomic mass is 13.5. The highest BCUT2D eigenvalue weighted by Gasteiger charge is 1.45. The summed E-state index contributed by atoms with van der Waals surface area (Å²) in [7, 11) is 0. The zero-order chi connectivity index (χ0) is 8.12. The van der Waals surface area contributed by atoms with E-state index in [1.807, 2.05) is 26.8 Å². The second-order valence-electron chi connectivity index (χ2n) is 1.11. The van der Waals surface area contributed by atoms with Crippen LogP contribution in [-0.4, -0.2) is 0 Å². The van der Waals surface area contributed by atoms with Crippen molar-refractivity contribution in [3.05, 3.63) is 25.3 Å². The van der Waals surface area contributed by atoms with Crippen LogP contribution < -0.4 is 0 Å². The van der Waals surface area contributed by atoms with Crippen LogP contribution in [0.25, 0.3) is 0 Å². The summed E-state index contributed by atoms with van der Waals surface area (Å²) >= 11 is 0. The maximum atomic E-state index is 3.48. The number of rotatable bonds is 1. The summed E-state index contributed by atoms with van der Waals surface area (Å²) < 4.78 is 0. The molecule has 0 aromatic heterocycles. The van der Waals surface area contributed by atoms with Crippen LogP contribution in [-0.2, 0) is 0 Å². The van der Waals surface area contributed by atoms with Crippen molar-refractivity contribution in [1.82, 2.24) is 0 Å². The summed E-state index contributed by atoms with van der Waals surface area (Å²) in [5, 5.41) is 0. The van der Waals surface area contributed by atoms with E-state index in [2.05, 4.69) is 20.1 Å². The Morgan fingerprint density at radius 1 is 1.33 bits per heavy atom. The van der Waals surface area contributed by atoms with Gasteiger partial charge in [-0.3, -0.25) is 0 Å². The number of hydrogen-bond acceptors (Lipinski definition) is 0. The van der Waals surface area contributed by atoms with Gasteiger partial charge in [0.1, 0.15) is 0 Å². The van der Waals surface area contributed by atoms with Crippen LogP contribution in [0, 0.1) is 0 Å². The van der Waals surface area contributed by atoms with Gasteiger partial charge in [-0.2, -0.15) is 0 Å². The summed E-state index contributed by atoms with van der Waals surface area (Å²) in [6.45, 7) is 14.8. The molecule has 9 heavy (non-hydrogen) atoms. The third kappa shape index (κ3) is 975. The van der Waals surface area contributed by atoms with Crippen LogP contribution in [0.3, 0.4) is 0 Å². The Labute approximate surface area is 61.8 Å². The van der Waals surface area contributed by atoms with E-state index in [9.17, 15) is 0 Å². The van der Waals surface area contributed by atoms with Gasteiger partial charge in [-0.15, -0.1) is 13.2 Å². The molecule has 0 rings (SSSR count). The summed E-state index contributed by atoms with van der Waals surface area (Å²) in [6.07, 6.45) is 4.71. The molecule has 0 saturated heterocycles. The molecular formula is C9H21+. The first kappa shape index (κ1) is 15.8. The average Bonchev–Trinajstić information content (AvgIpc) is 1.94. The van der Waals surface area contributed by atoms with E-state index in [1.54, 1.807) is 6.08 Å². The second-order valence-corrected chi connectivity index (χ2v) is 1.11. The zero-order valence-corrected chi connectivity index (χ0v) is 7.28. The lowest BCUT2D eigenvalue weighted by atomic mass is 10.5. The van der Waals surface area contributed by atoms with Gasteiger partial charge in [-0.1, -0.05) is 32.9 Å². The summed E-state index contributed by atoms with van der Waals surface area (Å²) in [4.78, 5) is 0. The fourth-order valence-electron chi connectivity index (χ4n) is 0. The normalized spacial score (nSPS) is 4.89. The van der Waals surface area contributed by atoms with Crippen molar-refractivity contribution in [1.29, 1.82) is 0 Å². The van der Waals surface area contributed by atoms with E-state index in [1.165, 1.54) is 0 Å². The average molecular weight is 129 g/mol. The standard InChI is InChI=1S/C4H8.C3H6.C2H6/c1-3-4-2;1-3-2;1-2/h3H,1,4H2,2H3;3H,1H2,2H3;1-2H3/p+1. The molecule has 0 aliphatic rings. The minimum absolute atomic E-state index is 0. The quantitative estimate of drug-likeness (QED) is 0.471. The topological polar surface area (TPSA) is 0 Å². The molecule has 0 N–H and O–H groups in total. The number of allylic oxidation sites excluding steroid dienone is 2. The van der Waals surface area contributed by atoms with Crippen molar-refractivity contribution in [2.75, 3.05) is 0 Å². The van der Waals surface area contributed by atoms with Crippen LogP contribution in [0.15, 0.2) is 25.3 Å². The maximum absolute atomic E-state index is 3.48. The van der Waals surface area contributed by atoms with Crippen molar-refractivity contribution in [2.24, 2.45) is 0 Å². The van der Waals surface area contributed by atoms with Crippen LogP contribution in [0.4, 0.5) is 0 Å². The van der Waals surface area contributed by atoms with Gasteiger partial charge in [0, 0.05) is 0 Å². The molecule has 0 aliphatic heterocycles. The maximum Gasteiger partial charge on any atom is 1.00 e. The molecule has 0 nitrogen and oxygen atoms in total. The fourth-order valence-corrected chi connectivity index (χ4v) is 0. The molecular weight excluding hydrogens is 108 g/mol. The Morgan fingerprint density at radius 3 is 1.44 bits per heavy atom. The molecule has 0 bridgehead atoms. The molecule has 56 valence electrons. The Balaban J connectivity index is -0.0000000273. The van der Waals surface area contributed by atoms with Gasteiger partial charge in [0.15, 0.2) is 0 Å². The molecule has 0 aliphatic carbocycles. The lowest BCUT2D eigenvalue weighted by molar-refractivity contribution is 1.23. The van der Waals surface area contributed by atoms with Gasteiger partial charge < -0.3 is 0 Å². The third-order valence-electron chi connectivity index (χ3n) is 0.289. The molecule has 0 atom stereocenters. The molecule has 0 radical (unpaired) electrons. The van der Waals surface area contributed by atoms with Crippen LogP contribution in [0.1, 0.15) is 35.5 Å². The minimum Gasteiger partial charge on any atom is -0.103 e. The second kappa shape index (κ2) is 51.1. The predicted octanol–water partition coefficient (Wildman–Crippen LogP) is 3.91. The van der Waals surface area contributed by atoms with Crippen molar-refractivity contribution >= 4 is 0 Å². The van der Waals surface area contributed by atoms with E-state index in [0.29, 0.717) is 0 Å². The molecule has 0 spiro atoms. The Hall–Kier alpha value is -0.520. The largest absolute Gasteiger partial charge is 1.00 e. The van der Waals surface area contributed by atoms with E-state index < -0.39 is 0 Å². The van der Waals surface area contributed by atoms with Gasteiger partial charge in [0.2, 0.25) is 0 Å². The van der Waals surface area contributed by atoms with Gasteiger partial charge >= 0.3 is 1.43 Å². The smallest absolute Gasteiger partial charge is 0.103 e. The Kier molecular flexibility index (Phi) is 89.6. The first-order valence-electron chi connectivity index (χ1n) is 3.51. The van der Waals surface area contributed by atoms with E-state index >= 15 is 0 Å². The molecule has 0 heterocycles. The predicted molar refractivity (Wildman–Crippen MR) is 48.8 cm³/mol. The van der Waals surface area contributed by atoms with Crippen molar-refractivity contribution in [3.8, 4) is 0 Å². The summed E-state index contributed by atoms with van der Waals surface area (Å²) in [6, 6.07) is 0. The Bertz CT molecular complexity index is 40.0. The first-order valence-corrected chi connectivity index (χ1v) is 3.51. The third-order valence-corrected chi connectivity index (χ3v) is 0.289. The highest BCUT2D eigenvalue weighted by molar-refractivity contribution is 4.60. The van der Waals surface area contributed by atoms with Gasteiger partial charge in [0.25, 0.3) is 0 Å². The van der Waals surface area contributed by atoms with Crippen LogP contribution >= 0.6 is 0 Å². The molecule has 0 unspecified atom stereocenters. The Morgan fingerprint density at radius 2 is 1.44 bits per heavy atom. The monoisotopic (exact) mass is 129 g/mol. The highest BCUT2D eigenvalue weighted by Crippen LogP contribution is 1.66. The fraction of sp³-hybridized carbons (Fsp3) is 0.556. The van der Waals surface area contributed by atoms with E-state index in [4.69, 9.17) is 0 Å². The van der Waals surface area contributed by atoms with E-state index in [-0.39, 0.29) is 1.43 Å². The molecule has 0 amide bonds. The van der Waals surface area contributed by atoms with Gasteiger partial charge in [-0.25, -0.2) is 0 Å². The molecule has 0 heteroatoms. The van der Waals surface area contributed by atoms with E-state index in [0.717, 1.165) is 6.42 Å². The lowest BCUT2D eigenvalue weighted by Crippen LogP contribution is -1.36. The molecule has 0 fully saturated rings. The SMILES string of the molecule is C=CC.C=CCC.CC.[H+]. The first-order chi connectivity index (χ1) is 4.33. The van der Waals surface area contributed by atoms with Gasteiger partial charge in [-0.05, 0) is 13.3 Å². The molecule has 0 aromatic carbocycles. The van der Waals surface area contributed by atoms with Crippen molar-refractivity contribution in [2.45, 2.75) is 34.1 Å². The van der Waals surface area contributed by atoms with Crippen LogP contribution in [0.5, 0.6) is 0 Å². The van der Waals surface area contributed by atoms with Crippen molar-refractivity contribution < 1.29 is 1.43 Å². The van der Waals surface area contributed by atoms with Gasteiger partial charge in [0.05, 0.1) is 0 Å². The summed E-state index contributed by atoms with van der Waals surface area (Å²) in [5.74, 6) is 0. The van der Waals surface area contributed by atoms with Crippen LogP contribution in [0.2, 0.25) is 0 Å². The zero-order valence-electron chi connectivity index (χ0n) is 8.28. The molecule has 0 saturated carbocycles. The molecule has 0 aromatic rings. The lowest BCUT2D eigenvalue weighted by Gasteiger charge is -1.57. The number of hydrogen-bond donors (Lipinski definition) is 0. The van der Waals surface area contributed by atoms with Crippen molar-refractivity contribution in [3.63, 3.8) is 0 Å².